The Kier molecular flexibility index (Phi) is 6.20. The van der Waals surface area contributed by atoms with Crippen LogP contribution in [0.3, 0.4) is 0 Å². The first-order valence-electron chi connectivity index (χ1n) is 10.5. The van der Waals surface area contributed by atoms with Crippen molar-refractivity contribution in [3.63, 3.8) is 0 Å². The van der Waals surface area contributed by atoms with Gasteiger partial charge in [-0.05, 0) is 42.8 Å². The maximum Gasteiger partial charge on any atom is 0.267 e. The molecule has 32 heavy (non-hydrogen) atoms. The second-order valence-electron chi connectivity index (χ2n) is 7.81. The van der Waals surface area contributed by atoms with Gasteiger partial charge in [0.2, 0.25) is 0 Å². The first-order chi connectivity index (χ1) is 15.6. The molecule has 5 rings (SSSR count). The van der Waals surface area contributed by atoms with Gasteiger partial charge in [0.15, 0.2) is 5.16 Å². The number of benzene rings is 2. The minimum Gasteiger partial charge on any atom is -0.301 e. The van der Waals surface area contributed by atoms with Crippen molar-refractivity contribution in [3.8, 4) is 5.69 Å². The Bertz CT molecular complexity index is 1360. The molecular formula is C25H22ClN3OS2. The van der Waals surface area contributed by atoms with Gasteiger partial charge >= 0.3 is 0 Å². The molecule has 3 heterocycles. The van der Waals surface area contributed by atoms with E-state index in [9.17, 15) is 4.79 Å². The van der Waals surface area contributed by atoms with Crippen molar-refractivity contribution >= 4 is 51.0 Å². The van der Waals surface area contributed by atoms with Crippen LogP contribution in [-0.2, 0) is 13.0 Å². The Labute approximate surface area is 200 Å². The first-order valence-corrected chi connectivity index (χ1v) is 12.6. The van der Waals surface area contributed by atoms with Crippen molar-refractivity contribution in [2.24, 2.45) is 0 Å². The number of aromatic nitrogens is 2. The third kappa shape index (κ3) is 4.28. The molecule has 0 aliphatic carbocycles. The molecule has 4 aromatic rings. The summed E-state index contributed by atoms with van der Waals surface area (Å²) < 4.78 is 1.72. The lowest BCUT2D eigenvalue weighted by atomic mass is 10.1. The number of hydrogen-bond donors (Lipinski definition) is 0. The van der Waals surface area contributed by atoms with E-state index in [0.717, 1.165) is 46.5 Å². The zero-order valence-electron chi connectivity index (χ0n) is 17.6. The first kappa shape index (κ1) is 21.5. The zero-order valence-corrected chi connectivity index (χ0v) is 20.0. The molecule has 0 radical (unpaired) electrons. The standard InChI is InChI=1S/C25H22ClN3OS2/c1-28-13-12-20-21(16-28)32-23-22(20)24(30)29(19-11-5-10-18(26)15-19)25(27-23)31-14-6-9-17-7-3-2-4-8-17/h2-11,15H,12-14,16H2,1H3. The fraction of sp³-hybridized carbons (Fsp3) is 0.200. The van der Waals surface area contributed by atoms with Crippen molar-refractivity contribution < 1.29 is 0 Å². The Morgan fingerprint density at radius 2 is 2.03 bits per heavy atom. The molecule has 0 atom stereocenters. The van der Waals surface area contributed by atoms with Crippen molar-refractivity contribution in [1.29, 1.82) is 0 Å². The topological polar surface area (TPSA) is 38.1 Å². The van der Waals surface area contributed by atoms with E-state index in [-0.39, 0.29) is 5.56 Å². The van der Waals surface area contributed by atoms with Crippen LogP contribution in [0, 0.1) is 0 Å². The van der Waals surface area contributed by atoms with Crippen LogP contribution in [0.2, 0.25) is 5.02 Å². The number of nitrogens with zero attached hydrogens (tertiary/aromatic N) is 3. The Morgan fingerprint density at radius 1 is 1.19 bits per heavy atom. The van der Waals surface area contributed by atoms with E-state index < -0.39 is 0 Å². The molecule has 0 fully saturated rings. The van der Waals surface area contributed by atoms with Crippen molar-refractivity contribution in [2.45, 2.75) is 18.1 Å². The summed E-state index contributed by atoms with van der Waals surface area (Å²) in [5, 5.41) is 2.06. The highest BCUT2D eigenvalue weighted by Crippen LogP contribution is 2.34. The minimum atomic E-state index is -0.00569. The highest BCUT2D eigenvalue weighted by Gasteiger charge is 2.24. The van der Waals surface area contributed by atoms with Crippen LogP contribution >= 0.6 is 34.7 Å². The molecule has 2 aromatic heterocycles. The molecule has 1 aliphatic heterocycles. The fourth-order valence-corrected chi connectivity index (χ4v) is 6.31. The lowest BCUT2D eigenvalue weighted by Crippen LogP contribution is -2.27. The molecule has 0 saturated carbocycles. The quantitative estimate of drug-likeness (QED) is 0.264. The van der Waals surface area contributed by atoms with Crippen molar-refractivity contribution in [1.82, 2.24) is 14.5 Å². The van der Waals surface area contributed by atoms with Crippen molar-refractivity contribution in [3.05, 3.63) is 92.1 Å². The fourth-order valence-electron chi connectivity index (χ4n) is 3.96. The average molecular weight is 480 g/mol. The Balaban J connectivity index is 1.58. The molecule has 1 aliphatic rings. The summed E-state index contributed by atoms with van der Waals surface area (Å²) in [7, 11) is 2.12. The number of fused-ring (bicyclic) bond motifs is 3. The van der Waals surface area contributed by atoms with Gasteiger partial charge < -0.3 is 4.90 Å². The van der Waals surface area contributed by atoms with Crippen LogP contribution in [0.25, 0.3) is 22.0 Å². The SMILES string of the molecule is CN1CCc2c(sc3nc(SCC=Cc4ccccc4)n(-c4cccc(Cl)c4)c(=O)c23)C1. The predicted molar refractivity (Wildman–Crippen MR) is 136 cm³/mol. The van der Waals surface area contributed by atoms with E-state index in [1.807, 2.05) is 42.5 Å². The monoisotopic (exact) mass is 479 g/mol. The lowest BCUT2D eigenvalue weighted by molar-refractivity contribution is 0.318. The molecular weight excluding hydrogens is 458 g/mol. The molecule has 0 N–H and O–H groups in total. The van der Waals surface area contributed by atoms with E-state index in [0.29, 0.717) is 15.9 Å². The van der Waals surface area contributed by atoms with Crippen molar-refractivity contribution in [2.75, 3.05) is 19.3 Å². The van der Waals surface area contributed by atoms with Gasteiger partial charge in [-0.25, -0.2) is 4.98 Å². The smallest absolute Gasteiger partial charge is 0.267 e. The van der Waals surface area contributed by atoms with Crippen LogP contribution in [0.1, 0.15) is 16.0 Å². The molecule has 0 amide bonds. The molecule has 0 spiro atoms. The van der Waals surface area contributed by atoms with E-state index in [1.165, 1.54) is 4.88 Å². The van der Waals surface area contributed by atoms with E-state index in [4.69, 9.17) is 16.6 Å². The summed E-state index contributed by atoms with van der Waals surface area (Å²) >= 11 is 9.48. The Hall–Kier alpha value is -2.38. The van der Waals surface area contributed by atoms with Gasteiger partial charge in [0, 0.05) is 28.7 Å². The average Bonchev–Trinajstić information content (AvgIpc) is 3.15. The second kappa shape index (κ2) is 9.24. The number of hydrogen-bond acceptors (Lipinski definition) is 5. The molecule has 7 heteroatoms. The van der Waals surface area contributed by atoms with E-state index >= 15 is 0 Å². The maximum atomic E-state index is 13.8. The van der Waals surface area contributed by atoms with Crippen LogP contribution in [0.15, 0.2) is 70.6 Å². The van der Waals surface area contributed by atoms with Crippen LogP contribution in [0.5, 0.6) is 0 Å². The number of rotatable bonds is 5. The van der Waals surface area contributed by atoms with E-state index in [2.05, 4.69) is 36.2 Å². The molecule has 0 bridgehead atoms. The molecule has 4 nitrogen and oxygen atoms in total. The molecule has 2 aromatic carbocycles. The summed E-state index contributed by atoms with van der Waals surface area (Å²) in [5.41, 5.74) is 3.06. The summed E-state index contributed by atoms with van der Waals surface area (Å²) in [6.07, 6.45) is 5.07. The highest BCUT2D eigenvalue weighted by atomic mass is 35.5. The highest BCUT2D eigenvalue weighted by molar-refractivity contribution is 7.99. The lowest BCUT2D eigenvalue weighted by Gasteiger charge is -2.21. The zero-order chi connectivity index (χ0) is 22.1. The van der Waals surface area contributed by atoms with Crippen LogP contribution < -0.4 is 5.56 Å². The molecule has 0 unspecified atom stereocenters. The Morgan fingerprint density at radius 3 is 2.84 bits per heavy atom. The predicted octanol–water partition coefficient (Wildman–Crippen LogP) is 5.89. The second-order valence-corrected chi connectivity index (χ2v) is 10.3. The summed E-state index contributed by atoms with van der Waals surface area (Å²) in [6, 6.07) is 17.6. The van der Waals surface area contributed by atoms with Crippen LogP contribution in [0.4, 0.5) is 0 Å². The van der Waals surface area contributed by atoms with Gasteiger partial charge in [-0.1, -0.05) is 71.9 Å². The summed E-state index contributed by atoms with van der Waals surface area (Å²) in [6.45, 7) is 1.82. The van der Waals surface area contributed by atoms with Gasteiger partial charge in [0.25, 0.3) is 5.56 Å². The summed E-state index contributed by atoms with van der Waals surface area (Å²) in [4.78, 5) is 23.1. The van der Waals surface area contributed by atoms with E-state index in [1.54, 1.807) is 27.7 Å². The maximum absolute atomic E-state index is 13.8. The van der Waals surface area contributed by atoms with Gasteiger partial charge in [0.1, 0.15) is 4.83 Å². The molecule has 162 valence electrons. The number of likely N-dealkylation sites (N-methyl/N-ethyl adjacent to an activating group) is 1. The van der Waals surface area contributed by atoms with Gasteiger partial charge in [0.05, 0.1) is 11.1 Å². The van der Waals surface area contributed by atoms with Gasteiger partial charge in [-0.2, -0.15) is 0 Å². The number of halogens is 1. The van der Waals surface area contributed by atoms with Gasteiger partial charge in [-0.15, -0.1) is 11.3 Å². The summed E-state index contributed by atoms with van der Waals surface area (Å²) in [5.74, 6) is 0.710. The molecule has 0 saturated heterocycles. The number of thiophene rings is 1. The largest absolute Gasteiger partial charge is 0.301 e. The number of thioether (sulfide) groups is 1. The minimum absolute atomic E-state index is 0.00569. The van der Waals surface area contributed by atoms with Crippen LogP contribution in [-0.4, -0.2) is 33.8 Å². The normalized spacial score (nSPS) is 14.3. The third-order valence-corrected chi connectivity index (χ3v) is 7.76. The third-order valence-electron chi connectivity index (χ3n) is 5.52. The van der Waals surface area contributed by atoms with Gasteiger partial charge in [-0.3, -0.25) is 9.36 Å².